The van der Waals surface area contributed by atoms with Gasteiger partial charge in [-0.1, -0.05) is 77.9 Å². The standard InChI is InChI=1S/C33H49BO7Si2/c1-32(2,3)42(9,10)40-27-20-24(18-19-26(27)39-22-23-16-14-13-15-17-23)29-28(37-7)21-25(34(35)36)30(38-8)31(29)41-43(11,12)33(4,5)6/h13-21,35-36H,22H2,1-12H3. The zero-order chi connectivity index (χ0) is 32.4. The molecule has 0 aliphatic heterocycles. The molecular weight excluding hydrogens is 575 g/mol. The van der Waals surface area contributed by atoms with Crippen molar-refractivity contribution in [2.45, 2.75) is 84.4 Å². The highest BCUT2D eigenvalue weighted by Crippen LogP contribution is 2.50. The van der Waals surface area contributed by atoms with Gasteiger partial charge in [-0.3, -0.25) is 0 Å². The van der Waals surface area contributed by atoms with Crippen molar-refractivity contribution in [3.63, 3.8) is 0 Å². The molecule has 0 saturated carbocycles. The molecule has 43 heavy (non-hydrogen) atoms. The Hall–Kier alpha value is -2.92. The van der Waals surface area contributed by atoms with Crippen LogP contribution in [0.2, 0.25) is 36.3 Å². The van der Waals surface area contributed by atoms with Gasteiger partial charge in [0.15, 0.2) is 17.2 Å². The zero-order valence-electron chi connectivity index (χ0n) is 27.9. The number of benzene rings is 3. The average Bonchev–Trinajstić information content (AvgIpc) is 2.90. The molecule has 0 amide bonds. The van der Waals surface area contributed by atoms with Gasteiger partial charge in [-0.25, -0.2) is 0 Å². The van der Waals surface area contributed by atoms with E-state index in [1.54, 1.807) is 13.2 Å². The summed E-state index contributed by atoms with van der Waals surface area (Å²) in [6.45, 7) is 22.1. The molecule has 0 aliphatic rings. The molecule has 0 bridgehead atoms. The summed E-state index contributed by atoms with van der Waals surface area (Å²) in [4.78, 5) is 0. The van der Waals surface area contributed by atoms with Crippen molar-refractivity contribution in [3.8, 4) is 39.9 Å². The van der Waals surface area contributed by atoms with E-state index in [-0.39, 0.29) is 21.3 Å². The number of ether oxygens (including phenoxy) is 3. The monoisotopic (exact) mass is 624 g/mol. The molecule has 3 rings (SSSR count). The molecule has 234 valence electrons. The van der Waals surface area contributed by atoms with Gasteiger partial charge in [0, 0.05) is 5.46 Å². The third kappa shape index (κ3) is 7.78. The summed E-state index contributed by atoms with van der Waals surface area (Å²) in [5.74, 6) is 2.36. The molecular formula is C33H49BO7Si2. The second kappa shape index (κ2) is 13.0. The van der Waals surface area contributed by atoms with E-state index in [9.17, 15) is 10.0 Å². The summed E-state index contributed by atoms with van der Waals surface area (Å²) in [7, 11) is -3.44. The van der Waals surface area contributed by atoms with Gasteiger partial charge in [-0.05, 0) is 65.6 Å². The lowest BCUT2D eigenvalue weighted by Gasteiger charge is -2.38. The summed E-state index contributed by atoms with van der Waals surface area (Å²) >= 11 is 0. The van der Waals surface area contributed by atoms with E-state index in [1.165, 1.54) is 7.11 Å². The maximum Gasteiger partial charge on any atom is 0.492 e. The minimum atomic E-state index is -2.44. The number of methoxy groups -OCH3 is 2. The smallest absolute Gasteiger partial charge is 0.492 e. The summed E-state index contributed by atoms with van der Waals surface area (Å²) in [5.41, 5.74) is 2.63. The fourth-order valence-electron chi connectivity index (χ4n) is 4.00. The van der Waals surface area contributed by atoms with Gasteiger partial charge in [0.1, 0.15) is 18.1 Å². The van der Waals surface area contributed by atoms with Gasteiger partial charge >= 0.3 is 7.12 Å². The third-order valence-electron chi connectivity index (χ3n) is 8.73. The Morgan fingerprint density at radius 2 is 1.26 bits per heavy atom. The Morgan fingerprint density at radius 3 is 1.77 bits per heavy atom. The van der Waals surface area contributed by atoms with E-state index in [4.69, 9.17) is 23.1 Å². The van der Waals surface area contributed by atoms with Gasteiger partial charge in [-0.15, -0.1) is 0 Å². The third-order valence-corrected chi connectivity index (χ3v) is 17.4. The largest absolute Gasteiger partial charge is 0.541 e. The van der Waals surface area contributed by atoms with E-state index >= 15 is 0 Å². The lowest BCUT2D eigenvalue weighted by atomic mass is 9.78. The normalized spacial score (nSPS) is 12.5. The summed E-state index contributed by atoms with van der Waals surface area (Å²) in [5, 5.41) is 20.4. The van der Waals surface area contributed by atoms with Crippen molar-refractivity contribution in [3.05, 3.63) is 60.2 Å². The zero-order valence-corrected chi connectivity index (χ0v) is 29.9. The number of rotatable bonds is 11. The van der Waals surface area contributed by atoms with E-state index in [0.717, 1.165) is 11.1 Å². The van der Waals surface area contributed by atoms with Crippen LogP contribution in [0.15, 0.2) is 54.6 Å². The number of hydrogen-bond acceptors (Lipinski definition) is 7. The van der Waals surface area contributed by atoms with Crippen LogP contribution < -0.4 is 28.5 Å². The van der Waals surface area contributed by atoms with Crippen molar-refractivity contribution in [1.82, 2.24) is 0 Å². The van der Waals surface area contributed by atoms with Gasteiger partial charge in [0.05, 0.1) is 19.8 Å². The minimum absolute atomic E-state index is 0.0455. The molecule has 0 unspecified atom stereocenters. The van der Waals surface area contributed by atoms with Crippen molar-refractivity contribution in [2.75, 3.05) is 14.2 Å². The van der Waals surface area contributed by atoms with E-state index < -0.39 is 23.8 Å². The first-order chi connectivity index (χ1) is 19.8. The molecule has 0 aromatic heterocycles. The highest BCUT2D eigenvalue weighted by atomic mass is 28.4. The first kappa shape index (κ1) is 34.6. The maximum absolute atomic E-state index is 10.3. The molecule has 0 atom stereocenters. The van der Waals surface area contributed by atoms with Crippen LogP contribution in [0.3, 0.4) is 0 Å². The van der Waals surface area contributed by atoms with Gasteiger partial charge in [0.2, 0.25) is 0 Å². The highest BCUT2D eigenvalue weighted by molar-refractivity contribution is 6.75. The highest BCUT2D eigenvalue weighted by Gasteiger charge is 2.42. The second-order valence-electron chi connectivity index (χ2n) is 13.9. The van der Waals surface area contributed by atoms with Crippen molar-refractivity contribution in [2.24, 2.45) is 0 Å². The molecule has 0 radical (unpaired) electrons. The van der Waals surface area contributed by atoms with Crippen LogP contribution in [0, 0.1) is 0 Å². The molecule has 10 heteroatoms. The predicted molar refractivity (Wildman–Crippen MR) is 181 cm³/mol. The van der Waals surface area contributed by atoms with Crippen LogP contribution >= 0.6 is 0 Å². The SMILES string of the molecule is COc1cc(B(O)O)c(OC)c(O[Si](C)(C)C(C)(C)C)c1-c1ccc(OCc2ccccc2)c(O[Si](C)(C)C(C)(C)C)c1. The van der Waals surface area contributed by atoms with Crippen LogP contribution in [0.5, 0.6) is 28.7 Å². The van der Waals surface area contributed by atoms with E-state index in [0.29, 0.717) is 35.2 Å². The first-order valence-corrected chi connectivity index (χ1v) is 20.5. The Balaban J connectivity index is 2.30. The van der Waals surface area contributed by atoms with Crippen molar-refractivity contribution < 1.29 is 33.1 Å². The second-order valence-corrected chi connectivity index (χ2v) is 23.4. The molecule has 3 aromatic carbocycles. The predicted octanol–water partition coefficient (Wildman–Crippen LogP) is 7.40. The molecule has 0 spiro atoms. The summed E-state index contributed by atoms with van der Waals surface area (Å²) in [6, 6.07) is 17.4. The molecule has 0 saturated heterocycles. The Morgan fingerprint density at radius 1 is 0.674 bits per heavy atom. The average molecular weight is 625 g/mol. The van der Waals surface area contributed by atoms with Crippen LogP contribution in [-0.4, -0.2) is 48.0 Å². The summed E-state index contributed by atoms with van der Waals surface area (Å²) < 4.78 is 31.7. The molecule has 0 aliphatic carbocycles. The molecule has 0 fully saturated rings. The van der Waals surface area contributed by atoms with Crippen molar-refractivity contribution in [1.29, 1.82) is 0 Å². The maximum atomic E-state index is 10.3. The van der Waals surface area contributed by atoms with Gasteiger partial charge in [0.25, 0.3) is 16.6 Å². The molecule has 3 aromatic rings. The molecule has 0 heterocycles. The number of hydrogen-bond donors (Lipinski definition) is 2. The first-order valence-electron chi connectivity index (χ1n) is 14.7. The van der Waals surface area contributed by atoms with E-state index in [2.05, 4.69) is 67.7 Å². The van der Waals surface area contributed by atoms with E-state index in [1.807, 2.05) is 48.5 Å². The van der Waals surface area contributed by atoms with Crippen LogP contribution in [-0.2, 0) is 6.61 Å². The Kier molecular flexibility index (Phi) is 10.4. The minimum Gasteiger partial charge on any atom is -0.541 e. The lowest BCUT2D eigenvalue weighted by Crippen LogP contribution is -2.44. The quantitative estimate of drug-likeness (QED) is 0.215. The Bertz CT molecular complexity index is 1400. The summed E-state index contributed by atoms with van der Waals surface area (Å²) in [6.07, 6.45) is 0. The fraction of sp³-hybridized carbons (Fsp3) is 0.455. The molecule has 2 N–H and O–H groups in total. The van der Waals surface area contributed by atoms with Crippen LogP contribution in [0.25, 0.3) is 11.1 Å². The molecule has 7 nitrogen and oxygen atoms in total. The lowest BCUT2D eigenvalue weighted by molar-refractivity contribution is 0.294. The topological polar surface area (TPSA) is 86.6 Å². The van der Waals surface area contributed by atoms with Crippen LogP contribution in [0.1, 0.15) is 47.1 Å². The van der Waals surface area contributed by atoms with Gasteiger partial charge < -0.3 is 33.1 Å². The fourth-order valence-corrected chi connectivity index (χ4v) is 6.03. The van der Waals surface area contributed by atoms with Crippen molar-refractivity contribution >= 4 is 29.2 Å². The van der Waals surface area contributed by atoms with Gasteiger partial charge in [-0.2, -0.15) is 0 Å². The van der Waals surface area contributed by atoms with Crippen LogP contribution in [0.4, 0.5) is 0 Å². The Labute approximate surface area is 260 Å².